The van der Waals surface area contributed by atoms with Crippen molar-refractivity contribution in [1.29, 1.82) is 0 Å². The van der Waals surface area contributed by atoms with E-state index >= 15 is 0 Å². The summed E-state index contributed by atoms with van der Waals surface area (Å²) in [5, 5.41) is 0. The minimum absolute atomic E-state index is 0.290. The van der Waals surface area contributed by atoms with Crippen molar-refractivity contribution in [2.24, 2.45) is 0 Å². The average Bonchev–Trinajstić information content (AvgIpc) is 3.24. The van der Waals surface area contributed by atoms with Crippen LogP contribution in [-0.2, 0) is 5.41 Å². The van der Waals surface area contributed by atoms with Crippen LogP contribution in [0.15, 0.2) is 109 Å². The molecule has 1 atom stereocenters. The van der Waals surface area contributed by atoms with Crippen LogP contribution in [0.5, 0.6) is 0 Å². The number of benzene rings is 4. The van der Waals surface area contributed by atoms with Gasteiger partial charge in [-0.2, -0.15) is 0 Å². The Bertz CT molecular complexity index is 1310. The van der Waals surface area contributed by atoms with Crippen molar-refractivity contribution in [3.05, 3.63) is 120 Å². The monoisotopic (exact) mass is 427 g/mol. The number of nitrogens with zero attached hydrogens (tertiary/aromatic N) is 1. The molecule has 2 aliphatic carbocycles. The molecule has 2 bridgehead atoms. The maximum absolute atomic E-state index is 2.47. The quantitative estimate of drug-likeness (QED) is 0.314. The molecule has 6 rings (SSSR count). The third-order valence-corrected chi connectivity index (χ3v) is 7.65. The Labute approximate surface area is 197 Å². The summed E-state index contributed by atoms with van der Waals surface area (Å²) in [5.74, 6) is 0. The Kier molecular flexibility index (Phi) is 4.73. The van der Waals surface area contributed by atoms with Crippen LogP contribution in [-0.4, -0.2) is 0 Å². The zero-order chi connectivity index (χ0) is 22.4. The molecule has 1 fully saturated rings. The van der Waals surface area contributed by atoms with E-state index in [1.165, 1.54) is 52.8 Å². The first kappa shape index (κ1) is 20.1. The van der Waals surface area contributed by atoms with Gasteiger partial charge in [-0.1, -0.05) is 73.2 Å². The third kappa shape index (κ3) is 3.40. The first-order valence-corrected chi connectivity index (χ1v) is 12.0. The summed E-state index contributed by atoms with van der Waals surface area (Å²) >= 11 is 0. The number of para-hydroxylation sites is 2. The van der Waals surface area contributed by atoms with Crippen molar-refractivity contribution in [1.82, 2.24) is 0 Å². The van der Waals surface area contributed by atoms with Gasteiger partial charge in [-0.05, 0) is 102 Å². The minimum atomic E-state index is 0.290. The first-order valence-electron chi connectivity index (χ1n) is 12.0. The predicted octanol–water partition coefficient (Wildman–Crippen LogP) is 9.05. The van der Waals surface area contributed by atoms with Crippen LogP contribution in [0.4, 0.5) is 17.1 Å². The molecule has 0 aromatic heterocycles. The number of allylic oxidation sites excluding steroid dienone is 2. The summed E-state index contributed by atoms with van der Waals surface area (Å²) in [4.78, 5) is 2.33. The Morgan fingerprint density at radius 1 is 0.667 bits per heavy atom. The van der Waals surface area contributed by atoms with Crippen molar-refractivity contribution in [3.8, 4) is 11.1 Å². The highest BCUT2D eigenvalue weighted by Crippen LogP contribution is 2.53. The SMILES string of the molecule is CC1=C2CCC(C)(C2)c2cc(-c3cccc(N(c4ccccc4)c4ccccc4)c3)ccc21. The molecule has 4 aromatic carbocycles. The van der Waals surface area contributed by atoms with Gasteiger partial charge in [-0.25, -0.2) is 0 Å². The van der Waals surface area contributed by atoms with Crippen molar-refractivity contribution in [3.63, 3.8) is 0 Å². The molecule has 1 unspecified atom stereocenters. The highest BCUT2D eigenvalue weighted by atomic mass is 15.1. The topological polar surface area (TPSA) is 3.24 Å². The van der Waals surface area contributed by atoms with Crippen LogP contribution in [0.1, 0.15) is 44.2 Å². The van der Waals surface area contributed by atoms with E-state index in [1.54, 1.807) is 5.57 Å². The molecule has 0 amide bonds. The molecule has 1 saturated carbocycles. The smallest absolute Gasteiger partial charge is 0.0467 e. The van der Waals surface area contributed by atoms with Gasteiger partial charge in [0.15, 0.2) is 0 Å². The highest BCUT2D eigenvalue weighted by molar-refractivity contribution is 5.82. The molecule has 0 saturated heterocycles. The normalized spacial score (nSPS) is 18.8. The molecule has 0 radical (unpaired) electrons. The lowest BCUT2D eigenvalue weighted by atomic mass is 9.73. The Hall–Kier alpha value is -3.58. The third-order valence-electron chi connectivity index (χ3n) is 7.65. The number of fused-ring (bicyclic) bond motifs is 4. The van der Waals surface area contributed by atoms with Gasteiger partial charge in [0.2, 0.25) is 0 Å². The lowest BCUT2D eigenvalue weighted by Crippen LogP contribution is -2.21. The molecular weight excluding hydrogens is 398 g/mol. The van der Waals surface area contributed by atoms with E-state index in [4.69, 9.17) is 0 Å². The van der Waals surface area contributed by atoms with Gasteiger partial charge >= 0.3 is 0 Å². The minimum Gasteiger partial charge on any atom is -0.310 e. The lowest BCUT2D eigenvalue weighted by Gasteiger charge is -2.31. The zero-order valence-corrected chi connectivity index (χ0v) is 19.4. The molecular formula is C32H29N. The Morgan fingerprint density at radius 3 is 2.00 bits per heavy atom. The van der Waals surface area contributed by atoms with Gasteiger partial charge < -0.3 is 4.90 Å². The summed E-state index contributed by atoms with van der Waals surface area (Å²) in [6, 6.07) is 37.3. The van der Waals surface area contributed by atoms with Gasteiger partial charge in [0.1, 0.15) is 0 Å². The molecule has 2 aliphatic rings. The molecule has 4 aromatic rings. The largest absolute Gasteiger partial charge is 0.310 e. The molecule has 0 heterocycles. The predicted molar refractivity (Wildman–Crippen MR) is 140 cm³/mol. The van der Waals surface area contributed by atoms with Crippen molar-refractivity contribution in [2.75, 3.05) is 4.90 Å². The molecule has 1 nitrogen and oxygen atoms in total. The van der Waals surface area contributed by atoms with Crippen molar-refractivity contribution < 1.29 is 0 Å². The summed E-state index contributed by atoms with van der Waals surface area (Å²) in [5.41, 5.74) is 12.5. The molecule has 162 valence electrons. The van der Waals surface area contributed by atoms with Crippen LogP contribution in [0.2, 0.25) is 0 Å². The number of rotatable bonds is 4. The number of hydrogen-bond acceptors (Lipinski definition) is 1. The summed E-state index contributed by atoms with van der Waals surface area (Å²) in [6.07, 6.45) is 3.75. The van der Waals surface area contributed by atoms with Crippen LogP contribution in [0.25, 0.3) is 16.7 Å². The summed E-state index contributed by atoms with van der Waals surface area (Å²) in [6.45, 7) is 4.77. The standard InChI is InChI=1S/C32H29N/c1-23-26-18-19-32(2,22-26)31-21-25(16-17-30(23)31)24-10-9-15-29(20-24)33(27-11-5-3-6-12-27)28-13-7-4-8-14-28/h3-17,20-21H,18-19,22H2,1-2H3. The van der Waals surface area contributed by atoms with Crippen LogP contribution >= 0.6 is 0 Å². The maximum atomic E-state index is 2.47. The molecule has 0 N–H and O–H groups in total. The van der Waals surface area contributed by atoms with Gasteiger partial charge in [0, 0.05) is 17.1 Å². The number of anilines is 3. The molecule has 0 spiro atoms. The van der Waals surface area contributed by atoms with Crippen LogP contribution in [0.3, 0.4) is 0 Å². The van der Waals surface area contributed by atoms with Gasteiger partial charge in [-0.3, -0.25) is 0 Å². The Morgan fingerprint density at radius 2 is 1.30 bits per heavy atom. The fraction of sp³-hybridized carbons (Fsp3) is 0.188. The summed E-state index contributed by atoms with van der Waals surface area (Å²) < 4.78 is 0. The average molecular weight is 428 g/mol. The maximum Gasteiger partial charge on any atom is 0.0467 e. The second-order valence-corrected chi connectivity index (χ2v) is 9.78. The highest BCUT2D eigenvalue weighted by Gasteiger charge is 2.39. The van der Waals surface area contributed by atoms with E-state index in [-0.39, 0.29) is 5.41 Å². The Balaban J connectivity index is 1.45. The van der Waals surface area contributed by atoms with E-state index in [1.807, 2.05) is 0 Å². The molecule has 33 heavy (non-hydrogen) atoms. The van der Waals surface area contributed by atoms with E-state index < -0.39 is 0 Å². The van der Waals surface area contributed by atoms with Gasteiger partial charge in [0.25, 0.3) is 0 Å². The van der Waals surface area contributed by atoms with E-state index in [2.05, 4.69) is 122 Å². The van der Waals surface area contributed by atoms with Crippen LogP contribution < -0.4 is 4.90 Å². The van der Waals surface area contributed by atoms with Crippen LogP contribution in [0, 0.1) is 0 Å². The first-order chi connectivity index (χ1) is 16.1. The second kappa shape index (κ2) is 7.78. The fourth-order valence-corrected chi connectivity index (χ4v) is 5.79. The molecule has 1 heteroatoms. The van der Waals surface area contributed by atoms with E-state index in [0.717, 1.165) is 11.4 Å². The molecule has 0 aliphatic heterocycles. The van der Waals surface area contributed by atoms with Gasteiger partial charge in [0.05, 0.1) is 0 Å². The second-order valence-electron chi connectivity index (χ2n) is 9.78. The van der Waals surface area contributed by atoms with Crippen molar-refractivity contribution in [2.45, 2.75) is 38.5 Å². The van der Waals surface area contributed by atoms with E-state index in [0.29, 0.717) is 0 Å². The van der Waals surface area contributed by atoms with Gasteiger partial charge in [-0.15, -0.1) is 0 Å². The van der Waals surface area contributed by atoms with E-state index in [9.17, 15) is 0 Å². The summed E-state index contributed by atoms with van der Waals surface area (Å²) in [7, 11) is 0. The fourth-order valence-electron chi connectivity index (χ4n) is 5.79. The lowest BCUT2D eigenvalue weighted by molar-refractivity contribution is 0.495. The van der Waals surface area contributed by atoms with Crippen molar-refractivity contribution >= 4 is 22.6 Å². The zero-order valence-electron chi connectivity index (χ0n) is 19.4. The number of hydrogen-bond donors (Lipinski definition) is 0.